The number of carbonyl (C=O) groups is 1. The van der Waals surface area contributed by atoms with E-state index in [1.165, 1.54) is 180 Å². The van der Waals surface area contributed by atoms with E-state index in [9.17, 15) is 4.79 Å². The third kappa shape index (κ3) is 38.7. The van der Waals surface area contributed by atoms with Crippen LogP contribution in [0.15, 0.2) is 0 Å². The van der Waals surface area contributed by atoms with E-state index in [1.54, 1.807) is 0 Å². The van der Waals surface area contributed by atoms with Crippen molar-refractivity contribution in [3.8, 4) is 0 Å². The predicted molar refractivity (Wildman–Crippen MR) is 180 cm³/mol. The molecule has 40 heavy (non-hydrogen) atoms. The molecule has 0 saturated heterocycles. The van der Waals surface area contributed by atoms with Gasteiger partial charge in [-0.1, -0.05) is 200 Å². The molecular formula is C36H74CaO3. The molecule has 0 bridgehead atoms. The van der Waals surface area contributed by atoms with Crippen LogP contribution >= 0.6 is 0 Å². The Hall–Kier alpha value is 0.690. The molecule has 238 valence electrons. The fraction of sp³-hybridized carbons (Fsp3) is 0.972. The number of carbonyl (C=O) groups excluding carboxylic acids is 1. The molecule has 0 aliphatic heterocycles. The van der Waals surface area contributed by atoms with Crippen LogP contribution in [-0.2, 0) is 14.6 Å². The first-order valence-corrected chi connectivity index (χ1v) is 18.1. The Morgan fingerprint density at radius 3 is 0.925 bits per heavy atom. The van der Waals surface area contributed by atoms with Gasteiger partial charge in [-0.15, -0.1) is 0 Å². The zero-order valence-corrected chi connectivity index (χ0v) is 27.1. The molecule has 0 spiro atoms. The van der Waals surface area contributed by atoms with Gasteiger partial charge >= 0.3 is 43.7 Å². The van der Waals surface area contributed by atoms with Gasteiger partial charge in [0.05, 0.1) is 6.61 Å². The average Bonchev–Trinajstić information content (AvgIpc) is 2.94. The average molecular weight is 595 g/mol. The molecule has 0 saturated carbocycles. The second-order valence-electron chi connectivity index (χ2n) is 12.3. The van der Waals surface area contributed by atoms with Crippen LogP contribution in [0.2, 0.25) is 0 Å². The van der Waals surface area contributed by atoms with E-state index in [2.05, 4.69) is 13.8 Å². The first kappa shape index (κ1) is 42.8. The maximum absolute atomic E-state index is 11.8. The summed E-state index contributed by atoms with van der Waals surface area (Å²) in [6.45, 7) is 5.12. The minimum absolute atomic E-state index is 0. The van der Waals surface area contributed by atoms with Crippen molar-refractivity contribution in [1.29, 1.82) is 0 Å². The van der Waals surface area contributed by atoms with E-state index in [0.717, 1.165) is 19.3 Å². The number of hydrogen-bond donors (Lipinski definition) is 0. The second kappa shape index (κ2) is 39.7. The summed E-state index contributed by atoms with van der Waals surface area (Å²) in [4.78, 5) is 21.9. The van der Waals surface area contributed by atoms with Gasteiger partial charge < -0.3 is 0 Å². The molecule has 0 N–H and O–H groups in total. The van der Waals surface area contributed by atoms with Crippen molar-refractivity contribution in [3.63, 3.8) is 0 Å². The van der Waals surface area contributed by atoms with Crippen LogP contribution in [-0.4, -0.2) is 50.3 Å². The summed E-state index contributed by atoms with van der Waals surface area (Å²) in [5.74, 6) is -0.193. The predicted octanol–water partition coefficient (Wildman–Crippen LogP) is 12.1. The Morgan fingerprint density at radius 2 is 0.625 bits per heavy atom. The maximum atomic E-state index is 11.8. The Labute approximate surface area is 282 Å². The number of hydrogen-bond acceptors (Lipinski definition) is 3. The molecule has 3 nitrogen and oxygen atoms in total. The Bertz CT molecular complexity index is 457. The zero-order chi connectivity index (χ0) is 28.3. The molecule has 0 radical (unpaired) electrons. The fourth-order valence-electron chi connectivity index (χ4n) is 5.50. The first-order chi connectivity index (χ1) is 19.3. The summed E-state index contributed by atoms with van der Waals surface area (Å²) in [6, 6.07) is 0. The van der Waals surface area contributed by atoms with Crippen LogP contribution in [0.5, 0.6) is 0 Å². The minimum atomic E-state index is -0.193. The van der Waals surface area contributed by atoms with E-state index in [0.29, 0.717) is 13.0 Å². The summed E-state index contributed by atoms with van der Waals surface area (Å²) >= 11 is 0. The van der Waals surface area contributed by atoms with Gasteiger partial charge in [0.15, 0.2) is 0 Å². The molecule has 0 atom stereocenters. The summed E-state index contributed by atoms with van der Waals surface area (Å²) in [5.41, 5.74) is 0. The summed E-state index contributed by atoms with van der Waals surface area (Å²) in [7, 11) is 0. The molecule has 0 rings (SSSR count). The number of rotatable bonds is 34. The normalized spacial score (nSPS) is 11.1. The van der Waals surface area contributed by atoms with Gasteiger partial charge in [-0.25, -0.2) is 4.79 Å². The van der Waals surface area contributed by atoms with Gasteiger partial charge in [0.2, 0.25) is 0 Å². The van der Waals surface area contributed by atoms with Gasteiger partial charge in [0.1, 0.15) is 0 Å². The van der Waals surface area contributed by atoms with E-state index in [4.69, 9.17) is 9.78 Å². The van der Waals surface area contributed by atoms with E-state index in [-0.39, 0.29) is 43.7 Å². The number of unbranched alkanes of at least 4 members (excludes halogenated alkanes) is 29. The molecule has 0 amide bonds. The van der Waals surface area contributed by atoms with Crippen LogP contribution < -0.4 is 0 Å². The van der Waals surface area contributed by atoms with Crippen LogP contribution in [0.25, 0.3) is 0 Å². The molecule has 0 aliphatic carbocycles. The Balaban J connectivity index is 0. The van der Waals surface area contributed by atoms with Crippen LogP contribution in [0.4, 0.5) is 0 Å². The van der Waals surface area contributed by atoms with Crippen LogP contribution in [0.3, 0.4) is 0 Å². The van der Waals surface area contributed by atoms with Gasteiger partial charge in [-0.05, 0) is 12.8 Å². The van der Waals surface area contributed by atoms with Crippen molar-refractivity contribution in [2.24, 2.45) is 0 Å². The van der Waals surface area contributed by atoms with E-state index >= 15 is 0 Å². The van der Waals surface area contributed by atoms with Crippen molar-refractivity contribution < 1.29 is 14.6 Å². The van der Waals surface area contributed by atoms with Crippen molar-refractivity contribution >= 4 is 43.7 Å². The summed E-state index contributed by atoms with van der Waals surface area (Å²) < 4.78 is 0. The Kier molecular flexibility index (Phi) is 42.5. The standard InChI is InChI=1S/C36H72O3.Ca.2H/c1-3-5-7-9-11-13-15-17-19-21-23-25-27-29-31-33-35-38-39-36(37)34-32-30-28-26-24-22-20-18-16-14-12-10-8-6-4-2;;;/h3-35H2,1-2H3;;;. The van der Waals surface area contributed by atoms with Crippen LogP contribution in [0, 0.1) is 0 Å². The molecular weight excluding hydrogens is 520 g/mol. The Morgan fingerprint density at radius 1 is 0.375 bits per heavy atom. The van der Waals surface area contributed by atoms with Crippen molar-refractivity contribution in [3.05, 3.63) is 0 Å². The quantitative estimate of drug-likeness (QED) is 0.0322. The van der Waals surface area contributed by atoms with E-state index in [1.807, 2.05) is 0 Å². The van der Waals surface area contributed by atoms with Crippen molar-refractivity contribution in [2.45, 2.75) is 219 Å². The first-order valence-electron chi connectivity index (χ1n) is 18.1. The second-order valence-corrected chi connectivity index (χ2v) is 12.3. The topological polar surface area (TPSA) is 35.5 Å². The summed E-state index contributed by atoms with van der Waals surface area (Å²) in [5, 5.41) is 0. The zero-order valence-electron chi connectivity index (χ0n) is 27.1. The SMILES string of the molecule is CCCCCCCCCCCCCCCCCCOOC(=O)CCCCCCCCCCCCCCCCC.[CaH2]. The molecule has 4 heteroatoms. The van der Waals surface area contributed by atoms with Crippen molar-refractivity contribution in [2.75, 3.05) is 6.61 Å². The molecule has 0 aliphatic rings. The third-order valence-electron chi connectivity index (χ3n) is 8.22. The van der Waals surface area contributed by atoms with Gasteiger partial charge in [-0.2, -0.15) is 4.89 Å². The fourth-order valence-corrected chi connectivity index (χ4v) is 5.50. The summed E-state index contributed by atoms with van der Waals surface area (Å²) in [6.07, 6.45) is 42.4. The third-order valence-corrected chi connectivity index (χ3v) is 8.22. The van der Waals surface area contributed by atoms with Gasteiger partial charge in [0.25, 0.3) is 0 Å². The van der Waals surface area contributed by atoms with Crippen molar-refractivity contribution in [1.82, 2.24) is 0 Å². The molecule has 0 aromatic rings. The van der Waals surface area contributed by atoms with Crippen LogP contribution in [0.1, 0.15) is 219 Å². The molecule has 0 heterocycles. The monoisotopic (exact) mass is 595 g/mol. The molecule has 0 aromatic carbocycles. The molecule has 0 aromatic heterocycles. The molecule has 0 fully saturated rings. The van der Waals surface area contributed by atoms with Gasteiger partial charge in [0, 0.05) is 6.42 Å². The van der Waals surface area contributed by atoms with Gasteiger partial charge in [-0.3, -0.25) is 4.89 Å². The molecule has 0 unspecified atom stereocenters. The van der Waals surface area contributed by atoms with E-state index < -0.39 is 0 Å².